The largest absolute Gasteiger partial charge is 0.396 e. The van der Waals surface area contributed by atoms with E-state index in [1.807, 2.05) is 0 Å². The highest BCUT2D eigenvalue weighted by molar-refractivity contribution is 4.58. The molecule has 0 rings (SSSR count). The maximum Gasteiger partial charge on any atom is 0.0459 e. The van der Waals surface area contributed by atoms with Gasteiger partial charge in [-0.3, -0.25) is 0 Å². The van der Waals surface area contributed by atoms with Crippen LogP contribution in [-0.4, -0.2) is 11.7 Å². The van der Waals surface area contributed by atoms with Gasteiger partial charge < -0.3 is 5.11 Å². The molecule has 0 radical (unpaired) electrons. The van der Waals surface area contributed by atoms with Crippen molar-refractivity contribution in [3.05, 3.63) is 0 Å². The van der Waals surface area contributed by atoms with Crippen molar-refractivity contribution in [2.24, 2.45) is 11.8 Å². The third-order valence-corrected chi connectivity index (χ3v) is 2.00. The number of hydrogen-bond acceptors (Lipinski definition) is 1. The minimum atomic E-state index is 0.334. The van der Waals surface area contributed by atoms with Gasteiger partial charge in [0.15, 0.2) is 0 Å². The van der Waals surface area contributed by atoms with Crippen molar-refractivity contribution in [3.8, 4) is 0 Å². The molecule has 2 atom stereocenters. The highest BCUT2D eigenvalue weighted by Gasteiger charge is 2.08. The normalized spacial score (nSPS) is 17.3. The van der Waals surface area contributed by atoms with E-state index in [1.165, 1.54) is 12.8 Å². The highest BCUT2D eigenvalue weighted by Crippen LogP contribution is 2.15. The van der Waals surface area contributed by atoms with E-state index in [9.17, 15) is 0 Å². The molecule has 0 fully saturated rings. The van der Waals surface area contributed by atoms with E-state index in [1.54, 1.807) is 0 Å². The first-order chi connectivity index (χ1) is 4.22. The van der Waals surface area contributed by atoms with Crippen LogP contribution in [0.4, 0.5) is 0 Å². The first-order valence-corrected chi connectivity index (χ1v) is 3.83. The number of aliphatic hydroxyl groups excluding tert-OH is 1. The second-order valence-electron chi connectivity index (χ2n) is 2.93. The molecule has 0 aliphatic carbocycles. The van der Waals surface area contributed by atoms with Crippen molar-refractivity contribution >= 4 is 0 Å². The Bertz CT molecular complexity index is 61.6. The molecule has 0 saturated heterocycles. The summed E-state index contributed by atoms with van der Waals surface area (Å²) in [5.74, 6) is 1.16. The smallest absolute Gasteiger partial charge is 0.0459 e. The van der Waals surface area contributed by atoms with Gasteiger partial charge in [0.05, 0.1) is 0 Å². The molecule has 0 spiro atoms. The SMILES string of the molecule is CCC[C@H](C)[C@H](C)CO. The van der Waals surface area contributed by atoms with Crippen LogP contribution in [0.25, 0.3) is 0 Å². The lowest BCUT2D eigenvalue weighted by Gasteiger charge is -2.15. The molecular formula is C8H18O. The van der Waals surface area contributed by atoms with E-state index in [4.69, 9.17) is 5.11 Å². The van der Waals surface area contributed by atoms with Gasteiger partial charge in [0.25, 0.3) is 0 Å². The molecule has 0 aromatic rings. The van der Waals surface area contributed by atoms with Gasteiger partial charge >= 0.3 is 0 Å². The van der Waals surface area contributed by atoms with E-state index in [-0.39, 0.29) is 0 Å². The predicted octanol–water partition coefficient (Wildman–Crippen LogP) is 2.05. The molecule has 0 saturated carbocycles. The Kier molecular flexibility index (Phi) is 4.78. The summed E-state index contributed by atoms with van der Waals surface area (Å²) < 4.78 is 0. The quantitative estimate of drug-likeness (QED) is 0.617. The number of hydrogen-bond donors (Lipinski definition) is 1. The van der Waals surface area contributed by atoms with E-state index >= 15 is 0 Å². The summed E-state index contributed by atoms with van der Waals surface area (Å²) in [5, 5.41) is 8.73. The van der Waals surface area contributed by atoms with Gasteiger partial charge in [0.2, 0.25) is 0 Å². The average molecular weight is 130 g/mol. The molecule has 1 N–H and O–H groups in total. The topological polar surface area (TPSA) is 20.2 Å². The van der Waals surface area contributed by atoms with Crippen molar-refractivity contribution < 1.29 is 5.11 Å². The van der Waals surface area contributed by atoms with Crippen LogP contribution < -0.4 is 0 Å². The van der Waals surface area contributed by atoms with Crippen LogP contribution >= 0.6 is 0 Å². The molecule has 1 nitrogen and oxygen atoms in total. The lowest BCUT2D eigenvalue weighted by Crippen LogP contribution is -2.11. The van der Waals surface area contributed by atoms with Gasteiger partial charge in [-0.1, -0.05) is 33.6 Å². The third-order valence-electron chi connectivity index (χ3n) is 2.00. The zero-order valence-electron chi connectivity index (χ0n) is 6.72. The molecule has 1 heteroatoms. The lowest BCUT2D eigenvalue weighted by molar-refractivity contribution is 0.190. The molecule has 9 heavy (non-hydrogen) atoms. The molecule has 0 aromatic carbocycles. The maximum absolute atomic E-state index is 8.73. The van der Waals surface area contributed by atoms with E-state index in [2.05, 4.69) is 20.8 Å². The van der Waals surface area contributed by atoms with Gasteiger partial charge in [-0.25, -0.2) is 0 Å². The first kappa shape index (κ1) is 8.96. The molecule has 56 valence electrons. The summed E-state index contributed by atoms with van der Waals surface area (Å²) in [4.78, 5) is 0. The maximum atomic E-state index is 8.73. The summed E-state index contributed by atoms with van der Waals surface area (Å²) in [7, 11) is 0. The van der Waals surface area contributed by atoms with Crippen LogP contribution in [0.1, 0.15) is 33.6 Å². The molecule has 0 amide bonds. The Morgan fingerprint density at radius 1 is 1.22 bits per heavy atom. The van der Waals surface area contributed by atoms with E-state index in [0.717, 1.165) is 0 Å². The molecule has 0 aromatic heterocycles. The van der Waals surface area contributed by atoms with Gasteiger partial charge in [0.1, 0.15) is 0 Å². The van der Waals surface area contributed by atoms with Crippen molar-refractivity contribution in [1.82, 2.24) is 0 Å². The summed E-state index contributed by atoms with van der Waals surface area (Å²) in [6.07, 6.45) is 2.47. The standard InChI is InChI=1S/C8H18O/c1-4-5-7(2)8(3)6-9/h7-9H,4-6H2,1-3H3/t7-,8+/m0/s1. The second-order valence-corrected chi connectivity index (χ2v) is 2.93. The molecule has 0 aliphatic heterocycles. The summed E-state index contributed by atoms with van der Waals surface area (Å²) >= 11 is 0. The third kappa shape index (κ3) is 3.52. The van der Waals surface area contributed by atoms with Crippen LogP contribution in [0.2, 0.25) is 0 Å². The van der Waals surface area contributed by atoms with Crippen molar-refractivity contribution in [2.45, 2.75) is 33.6 Å². The van der Waals surface area contributed by atoms with Crippen LogP contribution in [0.5, 0.6) is 0 Å². The Morgan fingerprint density at radius 3 is 2.11 bits per heavy atom. The minimum Gasteiger partial charge on any atom is -0.396 e. The van der Waals surface area contributed by atoms with Crippen LogP contribution in [0.3, 0.4) is 0 Å². The molecule has 0 bridgehead atoms. The first-order valence-electron chi connectivity index (χ1n) is 3.83. The zero-order valence-corrected chi connectivity index (χ0v) is 6.72. The monoisotopic (exact) mass is 130 g/mol. The van der Waals surface area contributed by atoms with Crippen LogP contribution in [0.15, 0.2) is 0 Å². The minimum absolute atomic E-state index is 0.334. The number of aliphatic hydroxyl groups is 1. The Hall–Kier alpha value is -0.0400. The predicted molar refractivity (Wildman–Crippen MR) is 40.3 cm³/mol. The van der Waals surface area contributed by atoms with E-state index in [0.29, 0.717) is 18.4 Å². The van der Waals surface area contributed by atoms with Gasteiger partial charge in [0, 0.05) is 6.61 Å². The average Bonchev–Trinajstić information content (AvgIpc) is 1.87. The van der Waals surface area contributed by atoms with Crippen molar-refractivity contribution in [2.75, 3.05) is 6.61 Å². The summed E-state index contributed by atoms with van der Waals surface area (Å²) in [6, 6.07) is 0. The van der Waals surface area contributed by atoms with Gasteiger partial charge in [-0.15, -0.1) is 0 Å². The van der Waals surface area contributed by atoms with Crippen molar-refractivity contribution in [3.63, 3.8) is 0 Å². The summed E-state index contributed by atoms with van der Waals surface area (Å²) in [6.45, 7) is 6.81. The number of rotatable bonds is 4. The lowest BCUT2D eigenvalue weighted by atomic mass is 9.93. The molecule has 0 heterocycles. The van der Waals surface area contributed by atoms with Crippen LogP contribution in [0, 0.1) is 11.8 Å². The van der Waals surface area contributed by atoms with Crippen molar-refractivity contribution in [1.29, 1.82) is 0 Å². The highest BCUT2D eigenvalue weighted by atomic mass is 16.3. The van der Waals surface area contributed by atoms with Gasteiger partial charge in [-0.2, -0.15) is 0 Å². The Labute approximate surface area is 58.1 Å². The Balaban J connectivity index is 3.32. The van der Waals surface area contributed by atoms with Crippen LogP contribution in [-0.2, 0) is 0 Å². The fraction of sp³-hybridized carbons (Fsp3) is 1.00. The molecular weight excluding hydrogens is 112 g/mol. The van der Waals surface area contributed by atoms with Gasteiger partial charge in [-0.05, 0) is 11.8 Å². The molecule has 0 unspecified atom stereocenters. The molecule has 0 aliphatic rings. The van der Waals surface area contributed by atoms with E-state index < -0.39 is 0 Å². The second kappa shape index (κ2) is 4.80. The zero-order chi connectivity index (χ0) is 7.28. The fourth-order valence-electron chi connectivity index (χ4n) is 0.920. The fourth-order valence-corrected chi connectivity index (χ4v) is 0.920. The summed E-state index contributed by atoms with van der Waals surface area (Å²) in [5.41, 5.74) is 0. The Morgan fingerprint density at radius 2 is 1.78 bits per heavy atom.